The summed E-state index contributed by atoms with van der Waals surface area (Å²) in [5, 5.41) is 10.1. The molecular formula is C33H54O7. The molecule has 6 atom stereocenters. The zero-order valence-electron chi connectivity index (χ0n) is 24.9. The Balaban J connectivity index is 1.29. The van der Waals surface area contributed by atoms with Gasteiger partial charge < -0.3 is 28.8 Å². The van der Waals surface area contributed by atoms with Crippen LogP contribution in [0.4, 0.5) is 0 Å². The largest absolute Gasteiger partial charge is 0.475 e. The molecule has 7 heteroatoms. The van der Waals surface area contributed by atoms with Crippen LogP contribution in [-0.2, 0) is 28.5 Å². The van der Waals surface area contributed by atoms with Crippen molar-refractivity contribution < 1.29 is 33.6 Å². The first-order chi connectivity index (χ1) is 19.5. The Morgan fingerprint density at radius 3 is 2.15 bits per heavy atom. The van der Waals surface area contributed by atoms with Gasteiger partial charge in [-0.1, -0.05) is 70.4 Å². The Hall–Kier alpha value is -1.57. The number of hydrogen-bond donors (Lipinski definition) is 1. The summed E-state index contributed by atoms with van der Waals surface area (Å²) < 4.78 is 29.6. The fourth-order valence-corrected chi connectivity index (χ4v) is 6.66. The molecule has 4 aliphatic rings. The summed E-state index contributed by atoms with van der Waals surface area (Å²) in [5.41, 5.74) is 1.37. The SMILES string of the molecule is C=C1CC[C@H](CCCCCCCCCC)[C@H]1C[C@H]1OC1CC(OC1CCCCO1)=C(OC1CCCCO1)C(=O)O. The maximum atomic E-state index is 12.3. The summed E-state index contributed by atoms with van der Waals surface area (Å²) >= 11 is 0. The highest BCUT2D eigenvalue weighted by Crippen LogP contribution is 2.46. The minimum atomic E-state index is -1.13. The molecule has 0 bridgehead atoms. The summed E-state index contributed by atoms with van der Waals surface area (Å²) in [6.45, 7) is 7.89. The number of carboxylic acids is 1. The number of ether oxygens (including phenoxy) is 5. The standard InChI is InChI=1S/C33H54O7/c1-3-4-5-6-7-8-9-10-15-25-19-18-24(2)26(25)22-27-28(38-27)23-29(39-30-16-11-13-20-36-30)32(33(34)35)40-31-17-12-14-21-37-31/h25-28,30-31H,2-23H2,1H3,(H,34,35)/t25-,26-,27+,28?,30?,31?/m0/s1. The summed E-state index contributed by atoms with van der Waals surface area (Å²) in [5.74, 6) is 0.225. The Kier molecular flexibility index (Phi) is 13.1. The van der Waals surface area contributed by atoms with Crippen LogP contribution in [0.3, 0.4) is 0 Å². The highest BCUT2D eigenvalue weighted by Gasteiger charge is 2.45. The molecule has 0 radical (unpaired) electrons. The zero-order valence-corrected chi connectivity index (χ0v) is 24.9. The second kappa shape index (κ2) is 16.8. The number of unbranched alkanes of at least 4 members (excludes halogenated alkanes) is 7. The van der Waals surface area contributed by atoms with E-state index in [0.29, 0.717) is 43.7 Å². The fraction of sp³-hybridized carbons (Fsp3) is 0.848. The van der Waals surface area contributed by atoms with Crippen LogP contribution in [0.25, 0.3) is 0 Å². The first-order valence-corrected chi connectivity index (χ1v) is 16.4. The molecule has 4 fully saturated rings. The molecule has 3 saturated heterocycles. The van der Waals surface area contributed by atoms with Gasteiger partial charge in [-0.3, -0.25) is 0 Å². The molecule has 0 aromatic heterocycles. The Bertz CT molecular complexity index is 812. The number of carboxylic acid groups (broad SMARTS) is 1. The van der Waals surface area contributed by atoms with Crippen molar-refractivity contribution in [3.8, 4) is 0 Å². The predicted octanol–water partition coefficient (Wildman–Crippen LogP) is 8.03. The Morgan fingerprint density at radius 1 is 0.875 bits per heavy atom. The quantitative estimate of drug-likeness (QED) is 0.0595. The highest BCUT2D eigenvalue weighted by molar-refractivity contribution is 5.84. The third-order valence-electron chi connectivity index (χ3n) is 9.16. The number of aliphatic carboxylic acids is 1. The van der Waals surface area contributed by atoms with Crippen molar-refractivity contribution in [2.75, 3.05) is 13.2 Å². The number of rotatable bonds is 18. The van der Waals surface area contributed by atoms with E-state index >= 15 is 0 Å². The second-order valence-electron chi connectivity index (χ2n) is 12.4. The van der Waals surface area contributed by atoms with Gasteiger partial charge in [0.15, 0.2) is 18.3 Å². The minimum Gasteiger partial charge on any atom is -0.475 e. The monoisotopic (exact) mass is 562 g/mol. The molecular weight excluding hydrogens is 508 g/mol. The van der Waals surface area contributed by atoms with Gasteiger partial charge in [-0.2, -0.15) is 0 Å². The van der Waals surface area contributed by atoms with Crippen LogP contribution in [0.1, 0.15) is 129 Å². The van der Waals surface area contributed by atoms with Gasteiger partial charge in [0.2, 0.25) is 5.76 Å². The van der Waals surface area contributed by atoms with Gasteiger partial charge in [-0.25, -0.2) is 4.79 Å². The van der Waals surface area contributed by atoms with Crippen LogP contribution in [0.2, 0.25) is 0 Å². The average Bonchev–Trinajstić information content (AvgIpc) is 3.61. The summed E-state index contributed by atoms with van der Waals surface area (Å²) in [6.07, 6.45) is 20.2. The Labute approximate surface area is 242 Å². The van der Waals surface area contributed by atoms with Crippen molar-refractivity contribution in [2.24, 2.45) is 11.8 Å². The van der Waals surface area contributed by atoms with Gasteiger partial charge in [0.25, 0.3) is 0 Å². The molecule has 0 aromatic rings. The van der Waals surface area contributed by atoms with Gasteiger partial charge in [-0.15, -0.1) is 0 Å². The molecule has 40 heavy (non-hydrogen) atoms. The molecule has 3 unspecified atom stereocenters. The maximum absolute atomic E-state index is 12.3. The molecule has 7 nitrogen and oxygen atoms in total. The lowest BCUT2D eigenvalue weighted by Crippen LogP contribution is -2.28. The lowest BCUT2D eigenvalue weighted by molar-refractivity contribution is -0.170. The lowest BCUT2D eigenvalue weighted by Gasteiger charge is -2.27. The molecule has 228 valence electrons. The van der Waals surface area contributed by atoms with Crippen LogP contribution in [-0.4, -0.2) is 49.1 Å². The molecule has 0 amide bonds. The number of allylic oxidation sites excluding steroid dienone is 1. The molecule has 1 N–H and O–H groups in total. The second-order valence-corrected chi connectivity index (χ2v) is 12.4. The maximum Gasteiger partial charge on any atom is 0.374 e. The van der Waals surface area contributed by atoms with Gasteiger partial charge >= 0.3 is 5.97 Å². The van der Waals surface area contributed by atoms with E-state index < -0.39 is 18.5 Å². The van der Waals surface area contributed by atoms with E-state index in [1.165, 1.54) is 69.8 Å². The first kappa shape index (κ1) is 31.4. The molecule has 3 heterocycles. The van der Waals surface area contributed by atoms with Gasteiger partial charge in [0, 0.05) is 19.3 Å². The van der Waals surface area contributed by atoms with E-state index in [0.717, 1.165) is 44.9 Å². The van der Waals surface area contributed by atoms with Crippen LogP contribution in [0, 0.1) is 11.8 Å². The summed E-state index contributed by atoms with van der Waals surface area (Å²) in [7, 11) is 0. The summed E-state index contributed by atoms with van der Waals surface area (Å²) in [6, 6.07) is 0. The molecule has 3 aliphatic heterocycles. The normalized spacial score (nSPS) is 31.1. The molecule has 4 rings (SSSR count). The minimum absolute atomic E-state index is 0.0685. The molecule has 0 spiro atoms. The van der Waals surface area contributed by atoms with E-state index in [4.69, 9.17) is 23.7 Å². The smallest absolute Gasteiger partial charge is 0.374 e. The lowest BCUT2D eigenvalue weighted by atomic mass is 9.85. The van der Waals surface area contributed by atoms with E-state index in [1.807, 2.05) is 0 Å². The third kappa shape index (κ3) is 10.1. The van der Waals surface area contributed by atoms with E-state index in [-0.39, 0.29) is 18.0 Å². The van der Waals surface area contributed by atoms with Crippen LogP contribution >= 0.6 is 0 Å². The van der Waals surface area contributed by atoms with E-state index in [2.05, 4.69) is 13.5 Å². The van der Waals surface area contributed by atoms with E-state index in [1.54, 1.807) is 0 Å². The van der Waals surface area contributed by atoms with Crippen LogP contribution in [0.15, 0.2) is 23.7 Å². The number of epoxide rings is 1. The highest BCUT2D eigenvalue weighted by atomic mass is 16.7. The van der Waals surface area contributed by atoms with Crippen molar-refractivity contribution in [1.29, 1.82) is 0 Å². The molecule has 1 saturated carbocycles. The van der Waals surface area contributed by atoms with Crippen molar-refractivity contribution in [1.82, 2.24) is 0 Å². The van der Waals surface area contributed by atoms with Gasteiger partial charge in [-0.05, 0) is 63.2 Å². The van der Waals surface area contributed by atoms with Crippen LogP contribution < -0.4 is 0 Å². The number of carbonyl (C=O) groups is 1. The molecule has 1 aliphatic carbocycles. The van der Waals surface area contributed by atoms with Gasteiger partial charge in [0.1, 0.15) is 0 Å². The fourth-order valence-electron chi connectivity index (χ4n) is 6.66. The number of hydrogen-bond acceptors (Lipinski definition) is 6. The van der Waals surface area contributed by atoms with Crippen molar-refractivity contribution in [2.45, 2.75) is 154 Å². The van der Waals surface area contributed by atoms with Crippen molar-refractivity contribution in [3.63, 3.8) is 0 Å². The van der Waals surface area contributed by atoms with Gasteiger partial charge in [0.05, 0.1) is 25.4 Å². The molecule has 0 aromatic carbocycles. The third-order valence-corrected chi connectivity index (χ3v) is 9.16. The average molecular weight is 563 g/mol. The van der Waals surface area contributed by atoms with Crippen molar-refractivity contribution in [3.05, 3.63) is 23.7 Å². The van der Waals surface area contributed by atoms with Crippen LogP contribution in [0.5, 0.6) is 0 Å². The van der Waals surface area contributed by atoms with Crippen molar-refractivity contribution >= 4 is 5.97 Å². The predicted molar refractivity (Wildman–Crippen MR) is 154 cm³/mol. The topological polar surface area (TPSA) is 86.8 Å². The first-order valence-electron chi connectivity index (χ1n) is 16.4. The Morgan fingerprint density at radius 2 is 1.52 bits per heavy atom. The summed E-state index contributed by atoms with van der Waals surface area (Å²) in [4.78, 5) is 12.3. The van der Waals surface area contributed by atoms with E-state index in [9.17, 15) is 9.90 Å². The zero-order chi connectivity index (χ0) is 28.2.